The molecule has 0 heterocycles. The molecule has 0 spiro atoms. The van der Waals surface area contributed by atoms with Crippen molar-refractivity contribution in [1.29, 1.82) is 0 Å². The topological polar surface area (TPSA) is 64.6 Å². The van der Waals surface area contributed by atoms with Crippen molar-refractivity contribution in [3.63, 3.8) is 0 Å². The number of nitrogens with one attached hydrogen (secondary N) is 1. The molecule has 2 aromatic rings. The maximum atomic E-state index is 11.9. The van der Waals surface area contributed by atoms with Gasteiger partial charge in [0.25, 0.3) is 5.91 Å². The van der Waals surface area contributed by atoms with E-state index in [2.05, 4.69) is 21.2 Å². The van der Waals surface area contributed by atoms with E-state index in [0.717, 1.165) is 10.0 Å². The third-order valence-electron chi connectivity index (χ3n) is 2.96. The van der Waals surface area contributed by atoms with Crippen LogP contribution in [0.25, 0.3) is 0 Å². The summed E-state index contributed by atoms with van der Waals surface area (Å²) in [5, 5.41) is 2.65. The minimum Gasteiger partial charge on any atom is -0.452 e. The summed E-state index contributed by atoms with van der Waals surface area (Å²) in [5.74, 6) is -0.934. The van der Waals surface area contributed by atoms with Crippen LogP contribution in [0.4, 0.5) is 5.69 Å². The van der Waals surface area contributed by atoms with E-state index < -0.39 is 11.9 Å². The molecule has 0 aliphatic rings. The van der Waals surface area contributed by atoms with Crippen LogP contribution in [0.3, 0.4) is 0 Å². The van der Waals surface area contributed by atoms with E-state index in [9.17, 15) is 9.59 Å². The fraction of sp³-hybridized carbons (Fsp3) is 0.176. The first kappa shape index (κ1) is 17.2. The molecule has 0 saturated heterocycles. The van der Waals surface area contributed by atoms with Crippen LogP contribution in [0.1, 0.15) is 15.9 Å². The maximum absolute atomic E-state index is 11.9. The first-order chi connectivity index (χ1) is 11.1. The summed E-state index contributed by atoms with van der Waals surface area (Å²) in [6.07, 6.45) is 0. The summed E-state index contributed by atoms with van der Waals surface area (Å²) in [4.78, 5) is 23.6. The SMILES string of the molecule is COCc1ccc(C(=O)OCC(=O)Nc2ccc(Br)cc2)cc1. The molecule has 0 unspecified atom stereocenters. The largest absolute Gasteiger partial charge is 0.452 e. The van der Waals surface area contributed by atoms with E-state index in [-0.39, 0.29) is 6.61 Å². The van der Waals surface area contributed by atoms with Crippen molar-refractivity contribution >= 4 is 33.5 Å². The number of hydrogen-bond donors (Lipinski definition) is 1. The molecule has 120 valence electrons. The Morgan fingerprint density at radius 3 is 2.30 bits per heavy atom. The second-order valence-corrected chi connectivity index (χ2v) is 5.68. The van der Waals surface area contributed by atoms with Crippen LogP contribution in [0.2, 0.25) is 0 Å². The van der Waals surface area contributed by atoms with Gasteiger partial charge in [-0.2, -0.15) is 0 Å². The molecule has 6 heteroatoms. The van der Waals surface area contributed by atoms with E-state index in [0.29, 0.717) is 17.9 Å². The fourth-order valence-corrected chi connectivity index (χ4v) is 2.11. The quantitative estimate of drug-likeness (QED) is 0.783. The highest BCUT2D eigenvalue weighted by atomic mass is 79.9. The summed E-state index contributed by atoms with van der Waals surface area (Å²) in [5.41, 5.74) is 1.98. The summed E-state index contributed by atoms with van der Waals surface area (Å²) < 4.78 is 10.9. The van der Waals surface area contributed by atoms with Crippen LogP contribution < -0.4 is 5.32 Å². The molecule has 0 bridgehead atoms. The van der Waals surface area contributed by atoms with Gasteiger partial charge in [0.2, 0.25) is 0 Å². The molecular weight excluding hydrogens is 362 g/mol. The lowest BCUT2D eigenvalue weighted by Gasteiger charge is -2.07. The molecule has 0 atom stereocenters. The van der Waals surface area contributed by atoms with Gasteiger partial charge in [0, 0.05) is 17.3 Å². The third-order valence-corrected chi connectivity index (χ3v) is 3.49. The minimum absolute atomic E-state index is 0.339. The molecular formula is C17H16BrNO4. The van der Waals surface area contributed by atoms with Crippen LogP contribution in [0.15, 0.2) is 53.0 Å². The zero-order valence-corrected chi connectivity index (χ0v) is 14.1. The molecule has 0 radical (unpaired) electrons. The molecule has 1 amide bonds. The minimum atomic E-state index is -0.542. The van der Waals surface area contributed by atoms with Gasteiger partial charge in [0.15, 0.2) is 6.61 Å². The van der Waals surface area contributed by atoms with Crippen molar-refractivity contribution < 1.29 is 19.1 Å². The molecule has 1 N–H and O–H groups in total. The molecule has 23 heavy (non-hydrogen) atoms. The molecule has 2 aromatic carbocycles. The van der Waals surface area contributed by atoms with Gasteiger partial charge >= 0.3 is 5.97 Å². The highest BCUT2D eigenvalue weighted by Crippen LogP contribution is 2.14. The van der Waals surface area contributed by atoms with Crippen LogP contribution >= 0.6 is 15.9 Å². The molecule has 0 saturated carbocycles. The van der Waals surface area contributed by atoms with Gasteiger partial charge in [0.1, 0.15) is 0 Å². The Morgan fingerprint density at radius 2 is 1.70 bits per heavy atom. The maximum Gasteiger partial charge on any atom is 0.338 e. The lowest BCUT2D eigenvalue weighted by molar-refractivity contribution is -0.119. The molecule has 5 nitrogen and oxygen atoms in total. The van der Waals surface area contributed by atoms with Crippen LogP contribution in [-0.2, 0) is 20.9 Å². The number of hydrogen-bond acceptors (Lipinski definition) is 4. The molecule has 0 fully saturated rings. The van der Waals surface area contributed by atoms with Crippen molar-refractivity contribution in [3.05, 3.63) is 64.1 Å². The molecule has 0 aliphatic carbocycles. The molecule has 2 rings (SSSR count). The van der Waals surface area contributed by atoms with Gasteiger partial charge in [-0.1, -0.05) is 28.1 Å². The summed E-state index contributed by atoms with van der Waals surface area (Å²) in [6.45, 7) is 0.139. The van der Waals surface area contributed by atoms with E-state index in [1.54, 1.807) is 43.5 Å². The summed E-state index contributed by atoms with van der Waals surface area (Å²) in [6, 6.07) is 14.0. The number of anilines is 1. The Kier molecular flexibility index (Phi) is 6.31. The number of methoxy groups -OCH3 is 1. The normalized spacial score (nSPS) is 10.2. The second kappa shape index (κ2) is 8.45. The Hall–Kier alpha value is -2.18. The summed E-state index contributed by atoms with van der Waals surface area (Å²) in [7, 11) is 1.60. The van der Waals surface area contributed by atoms with Gasteiger partial charge in [-0.25, -0.2) is 4.79 Å². The average Bonchev–Trinajstić information content (AvgIpc) is 2.56. The van der Waals surface area contributed by atoms with Gasteiger partial charge in [-0.3, -0.25) is 4.79 Å². The number of esters is 1. The smallest absolute Gasteiger partial charge is 0.338 e. The van der Waals surface area contributed by atoms with Gasteiger partial charge < -0.3 is 14.8 Å². The lowest BCUT2D eigenvalue weighted by atomic mass is 10.1. The molecule has 0 aromatic heterocycles. The van der Waals surface area contributed by atoms with E-state index in [1.807, 2.05) is 12.1 Å². The zero-order chi connectivity index (χ0) is 16.7. The Bertz CT molecular complexity index is 668. The second-order valence-electron chi connectivity index (χ2n) is 4.76. The van der Waals surface area contributed by atoms with Crippen LogP contribution in [0.5, 0.6) is 0 Å². The summed E-state index contributed by atoms with van der Waals surface area (Å²) >= 11 is 3.31. The number of benzene rings is 2. The highest BCUT2D eigenvalue weighted by molar-refractivity contribution is 9.10. The number of ether oxygens (including phenoxy) is 2. The lowest BCUT2D eigenvalue weighted by Crippen LogP contribution is -2.20. The standard InChI is InChI=1S/C17H16BrNO4/c1-22-10-12-2-4-13(5-3-12)17(21)23-11-16(20)19-15-8-6-14(18)7-9-15/h2-9H,10-11H2,1H3,(H,19,20). The monoisotopic (exact) mass is 377 g/mol. The number of carbonyl (C=O) groups excluding carboxylic acids is 2. The molecule has 0 aliphatic heterocycles. The number of amides is 1. The zero-order valence-electron chi connectivity index (χ0n) is 12.5. The van der Waals surface area contributed by atoms with E-state index >= 15 is 0 Å². The van der Waals surface area contributed by atoms with Gasteiger partial charge in [-0.15, -0.1) is 0 Å². The third kappa shape index (κ3) is 5.50. The van der Waals surface area contributed by atoms with Crippen molar-refractivity contribution in [1.82, 2.24) is 0 Å². The van der Waals surface area contributed by atoms with Crippen molar-refractivity contribution in [2.24, 2.45) is 0 Å². The Labute approximate surface area is 142 Å². The Morgan fingerprint density at radius 1 is 1.04 bits per heavy atom. The predicted octanol–water partition coefficient (Wildman–Crippen LogP) is 3.39. The van der Waals surface area contributed by atoms with E-state index in [4.69, 9.17) is 9.47 Å². The van der Waals surface area contributed by atoms with Gasteiger partial charge in [0.05, 0.1) is 12.2 Å². The Balaban J connectivity index is 1.83. The first-order valence-electron chi connectivity index (χ1n) is 6.89. The average molecular weight is 378 g/mol. The van der Waals surface area contributed by atoms with E-state index in [1.165, 1.54) is 0 Å². The van der Waals surface area contributed by atoms with Gasteiger partial charge in [-0.05, 0) is 42.0 Å². The van der Waals surface area contributed by atoms with Crippen molar-refractivity contribution in [3.8, 4) is 0 Å². The van der Waals surface area contributed by atoms with Crippen molar-refractivity contribution in [2.45, 2.75) is 6.61 Å². The van der Waals surface area contributed by atoms with Crippen LogP contribution in [-0.4, -0.2) is 25.6 Å². The number of rotatable bonds is 6. The fourth-order valence-electron chi connectivity index (χ4n) is 1.85. The predicted molar refractivity (Wildman–Crippen MR) is 90.2 cm³/mol. The van der Waals surface area contributed by atoms with Crippen molar-refractivity contribution in [2.75, 3.05) is 19.0 Å². The number of carbonyl (C=O) groups is 2. The van der Waals surface area contributed by atoms with Crippen LogP contribution in [0, 0.1) is 0 Å². The number of halogens is 1. The first-order valence-corrected chi connectivity index (χ1v) is 7.68. The highest BCUT2D eigenvalue weighted by Gasteiger charge is 2.10.